The zero-order valence-corrected chi connectivity index (χ0v) is 11.3. The van der Waals surface area contributed by atoms with Crippen LogP contribution in [0.1, 0.15) is 46.9 Å². The van der Waals surface area contributed by atoms with Crippen LogP contribution < -0.4 is 0 Å². The van der Waals surface area contributed by atoms with Gasteiger partial charge < -0.3 is 4.42 Å². The van der Waals surface area contributed by atoms with Crippen molar-refractivity contribution >= 4 is 11.6 Å². The van der Waals surface area contributed by atoms with Crippen LogP contribution in [0.2, 0.25) is 0 Å². The summed E-state index contributed by atoms with van der Waals surface area (Å²) in [5.74, 6) is 1.85. The first-order chi connectivity index (χ1) is 8.78. The van der Waals surface area contributed by atoms with E-state index in [0.717, 1.165) is 23.5 Å². The molecule has 1 nitrogen and oxygen atoms in total. The quantitative estimate of drug-likeness (QED) is 0.732. The normalized spacial score (nSPS) is 15.7. The minimum absolute atomic E-state index is 0.170. The second-order valence-corrected chi connectivity index (χ2v) is 5.34. The monoisotopic (exact) mass is 260 g/mol. The van der Waals surface area contributed by atoms with E-state index in [4.69, 9.17) is 16.0 Å². The fraction of sp³-hybridized carbons (Fsp3) is 0.375. The van der Waals surface area contributed by atoms with Gasteiger partial charge in [0.1, 0.15) is 16.9 Å². The van der Waals surface area contributed by atoms with Crippen LogP contribution in [0.3, 0.4) is 0 Å². The fourth-order valence-electron chi connectivity index (χ4n) is 2.63. The van der Waals surface area contributed by atoms with E-state index >= 15 is 0 Å². The number of hydrogen-bond donors (Lipinski definition) is 0. The summed E-state index contributed by atoms with van der Waals surface area (Å²) >= 11 is 6.51. The zero-order chi connectivity index (χ0) is 12.5. The predicted molar refractivity (Wildman–Crippen MR) is 74.2 cm³/mol. The van der Waals surface area contributed by atoms with E-state index < -0.39 is 0 Å². The molecule has 1 aliphatic rings. The molecule has 0 N–H and O–H groups in total. The highest BCUT2D eigenvalue weighted by molar-refractivity contribution is 6.22. The second-order valence-electron chi connectivity index (χ2n) is 4.90. The Bertz CT molecular complexity index is 556. The summed E-state index contributed by atoms with van der Waals surface area (Å²) in [7, 11) is 0. The molecule has 0 bridgehead atoms. The Balaban J connectivity index is 1.89. The van der Waals surface area contributed by atoms with Gasteiger partial charge in [-0.25, -0.2) is 0 Å². The van der Waals surface area contributed by atoms with Gasteiger partial charge in [-0.1, -0.05) is 25.1 Å². The molecule has 0 fully saturated rings. The van der Waals surface area contributed by atoms with Crippen molar-refractivity contribution in [1.82, 2.24) is 0 Å². The Morgan fingerprint density at radius 1 is 1.17 bits per heavy atom. The SMILES string of the molecule is CCc1ccc(C(Cl)c2ccc3c(c2)CCC3)o1. The average Bonchev–Trinajstić information content (AvgIpc) is 3.05. The molecule has 3 rings (SSSR count). The molecule has 2 aromatic rings. The van der Waals surface area contributed by atoms with Crippen LogP contribution in [-0.4, -0.2) is 0 Å². The summed E-state index contributed by atoms with van der Waals surface area (Å²) in [5, 5.41) is -0.170. The lowest BCUT2D eigenvalue weighted by Gasteiger charge is -2.09. The minimum atomic E-state index is -0.170. The minimum Gasteiger partial charge on any atom is -0.464 e. The first-order valence-corrected chi connectivity index (χ1v) is 7.06. The third-order valence-electron chi connectivity index (χ3n) is 3.70. The van der Waals surface area contributed by atoms with E-state index in [1.807, 2.05) is 12.1 Å². The highest BCUT2D eigenvalue weighted by Crippen LogP contribution is 2.33. The highest BCUT2D eigenvalue weighted by Gasteiger charge is 2.18. The molecule has 18 heavy (non-hydrogen) atoms. The Morgan fingerprint density at radius 3 is 2.78 bits per heavy atom. The van der Waals surface area contributed by atoms with Crippen molar-refractivity contribution in [1.29, 1.82) is 0 Å². The van der Waals surface area contributed by atoms with Crippen molar-refractivity contribution in [3.8, 4) is 0 Å². The lowest BCUT2D eigenvalue weighted by molar-refractivity contribution is 0.474. The molecule has 94 valence electrons. The van der Waals surface area contributed by atoms with Gasteiger partial charge in [-0.3, -0.25) is 0 Å². The molecule has 0 spiro atoms. The predicted octanol–water partition coefficient (Wildman–Crippen LogP) is 4.66. The third-order valence-corrected chi connectivity index (χ3v) is 4.16. The van der Waals surface area contributed by atoms with Crippen LogP contribution in [0.5, 0.6) is 0 Å². The standard InChI is InChI=1S/C16H17ClO/c1-2-14-8-9-15(18-14)16(17)13-7-6-11-4-3-5-12(11)10-13/h6-10,16H,2-5H2,1H3. The molecule has 1 unspecified atom stereocenters. The number of furan rings is 1. The van der Waals surface area contributed by atoms with Gasteiger partial charge in [0, 0.05) is 6.42 Å². The molecule has 0 radical (unpaired) electrons. The maximum absolute atomic E-state index is 6.51. The van der Waals surface area contributed by atoms with E-state index in [9.17, 15) is 0 Å². The Morgan fingerprint density at radius 2 is 2.00 bits per heavy atom. The molecule has 1 aliphatic carbocycles. The number of benzene rings is 1. The van der Waals surface area contributed by atoms with Gasteiger partial charge in [-0.15, -0.1) is 11.6 Å². The van der Waals surface area contributed by atoms with Crippen LogP contribution in [-0.2, 0) is 19.3 Å². The number of hydrogen-bond acceptors (Lipinski definition) is 1. The van der Waals surface area contributed by atoms with Gasteiger partial charge in [0.05, 0.1) is 0 Å². The molecular weight excluding hydrogens is 244 g/mol. The second kappa shape index (κ2) is 4.81. The van der Waals surface area contributed by atoms with Gasteiger partial charge in [0.2, 0.25) is 0 Å². The number of alkyl halides is 1. The van der Waals surface area contributed by atoms with Crippen LogP contribution >= 0.6 is 11.6 Å². The number of aryl methyl sites for hydroxylation is 3. The maximum Gasteiger partial charge on any atom is 0.126 e. The average molecular weight is 261 g/mol. The summed E-state index contributed by atoms with van der Waals surface area (Å²) < 4.78 is 5.74. The maximum atomic E-state index is 6.51. The Kier molecular flexibility index (Phi) is 3.17. The number of rotatable bonds is 3. The lowest BCUT2D eigenvalue weighted by Crippen LogP contribution is -1.93. The number of fused-ring (bicyclic) bond motifs is 1. The first kappa shape index (κ1) is 11.9. The molecule has 1 aromatic heterocycles. The molecule has 1 heterocycles. The van der Waals surface area contributed by atoms with Crippen molar-refractivity contribution in [3.63, 3.8) is 0 Å². The van der Waals surface area contributed by atoms with E-state index in [1.165, 1.54) is 30.4 Å². The first-order valence-electron chi connectivity index (χ1n) is 6.62. The molecule has 0 aliphatic heterocycles. The van der Waals surface area contributed by atoms with Crippen LogP contribution in [0.25, 0.3) is 0 Å². The van der Waals surface area contributed by atoms with Crippen LogP contribution in [0, 0.1) is 0 Å². The fourth-order valence-corrected chi connectivity index (χ4v) is 2.89. The molecular formula is C16H17ClO. The van der Waals surface area contributed by atoms with Gasteiger partial charge in [-0.2, -0.15) is 0 Å². The third kappa shape index (κ3) is 2.08. The highest BCUT2D eigenvalue weighted by atomic mass is 35.5. The van der Waals surface area contributed by atoms with Gasteiger partial charge in [0.25, 0.3) is 0 Å². The van der Waals surface area contributed by atoms with Gasteiger partial charge >= 0.3 is 0 Å². The van der Waals surface area contributed by atoms with Crippen molar-refractivity contribution in [2.75, 3.05) is 0 Å². The summed E-state index contributed by atoms with van der Waals surface area (Å²) in [5.41, 5.74) is 4.09. The van der Waals surface area contributed by atoms with E-state index in [1.54, 1.807) is 0 Å². The van der Waals surface area contributed by atoms with Gasteiger partial charge in [0.15, 0.2) is 0 Å². The molecule has 1 aromatic carbocycles. The molecule has 2 heteroatoms. The molecule has 0 saturated heterocycles. The van der Waals surface area contributed by atoms with Crippen molar-refractivity contribution < 1.29 is 4.42 Å². The largest absolute Gasteiger partial charge is 0.464 e. The van der Waals surface area contributed by atoms with Crippen molar-refractivity contribution in [3.05, 3.63) is 58.5 Å². The molecule has 0 saturated carbocycles. The number of halogens is 1. The summed E-state index contributed by atoms with van der Waals surface area (Å²) in [4.78, 5) is 0. The summed E-state index contributed by atoms with van der Waals surface area (Å²) in [6, 6.07) is 10.6. The van der Waals surface area contributed by atoms with E-state index in [0.29, 0.717) is 0 Å². The Labute approximate surface area is 113 Å². The topological polar surface area (TPSA) is 13.1 Å². The molecule has 1 atom stereocenters. The Hall–Kier alpha value is -1.21. The van der Waals surface area contributed by atoms with E-state index in [2.05, 4.69) is 25.1 Å². The van der Waals surface area contributed by atoms with Crippen molar-refractivity contribution in [2.45, 2.75) is 38.0 Å². The smallest absolute Gasteiger partial charge is 0.126 e. The van der Waals surface area contributed by atoms with Crippen LogP contribution in [0.4, 0.5) is 0 Å². The van der Waals surface area contributed by atoms with Crippen molar-refractivity contribution in [2.24, 2.45) is 0 Å². The van der Waals surface area contributed by atoms with Crippen LogP contribution in [0.15, 0.2) is 34.7 Å². The summed E-state index contributed by atoms with van der Waals surface area (Å²) in [6.07, 6.45) is 4.58. The zero-order valence-electron chi connectivity index (χ0n) is 10.6. The lowest BCUT2D eigenvalue weighted by atomic mass is 10.0. The summed E-state index contributed by atoms with van der Waals surface area (Å²) in [6.45, 7) is 2.08. The molecule has 0 amide bonds. The van der Waals surface area contributed by atoms with E-state index in [-0.39, 0.29) is 5.38 Å². The van der Waals surface area contributed by atoms with Gasteiger partial charge in [-0.05, 0) is 48.1 Å².